The van der Waals surface area contributed by atoms with Gasteiger partial charge < -0.3 is 0 Å². The fraction of sp³-hybridized carbons (Fsp3) is 0.182. The van der Waals surface area contributed by atoms with E-state index in [1.54, 1.807) is 6.07 Å². The summed E-state index contributed by atoms with van der Waals surface area (Å²) in [6, 6.07) is 7.45. The Balaban J connectivity index is 2.20. The number of rotatable bonds is 3. The van der Waals surface area contributed by atoms with Gasteiger partial charge in [-0.15, -0.1) is 10.2 Å². The number of benzene rings is 1. The fourth-order valence-corrected chi connectivity index (χ4v) is 2.45. The molecule has 0 unspecified atom stereocenters. The van der Waals surface area contributed by atoms with E-state index in [1.807, 2.05) is 25.1 Å². The highest BCUT2D eigenvalue weighted by molar-refractivity contribution is 9.08. The van der Waals surface area contributed by atoms with Gasteiger partial charge in [0.25, 0.3) is 5.91 Å². The lowest BCUT2D eigenvalue weighted by atomic mass is 10.1. The van der Waals surface area contributed by atoms with E-state index in [4.69, 9.17) is 0 Å². The number of nitrogens with one attached hydrogen (secondary N) is 1. The van der Waals surface area contributed by atoms with Crippen LogP contribution in [0.15, 0.2) is 24.3 Å². The summed E-state index contributed by atoms with van der Waals surface area (Å²) >= 11 is 4.72. The molecule has 6 heteroatoms. The summed E-state index contributed by atoms with van der Waals surface area (Å²) in [5.74, 6) is -0.156. The summed E-state index contributed by atoms with van der Waals surface area (Å²) in [4.78, 5) is 12.0. The lowest BCUT2D eigenvalue weighted by molar-refractivity contribution is 0.102. The van der Waals surface area contributed by atoms with Gasteiger partial charge >= 0.3 is 0 Å². The Bertz CT molecular complexity index is 541. The predicted octanol–water partition coefficient (Wildman–Crippen LogP) is 2.99. The topological polar surface area (TPSA) is 54.9 Å². The minimum atomic E-state index is -0.156. The van der Waals surface area contributed by atoms with Crippen LogP contribution < -0.4 is 5.32 Å². The highest BCUT2D eigenvalue weighted by Gasteiger charge is 2.12. The largest absolute Gasteiger partial charge is 0.296 e. The van der Waals surface area contributed by atoms with E-state index >= 15 is 0 Å². The smallest absolute Gasteiger partial charge is 0.257 e. The number of halogens is 1. The third-order valence-electron chi connectivity index (χ3n) is 2.15. The first-order chi connectivity index (χ1) is 8.20. The summed E-state index contributed by atoms with van der Waals surface area (Å²) in [6.07, 6.45) is 0. The molecule has 0 radical (unpaired) electrons. The molecular formula is C11H10BrN3OS. The number of anilines is 1. The maximum Gasteiger partial charge on any atom is 0.257 e. The first-order valence-electron chi connectivity index (χ1n) is 4.96. The lowest BCUT2D eigenvalue weighted by Gasteiger charge is -2.05. The standard InChI is InChI=1S/C11H10BrN3OS/c1-7-14-15-11(17-7)13-10(16)9-5-3-2-4-8(9)6-12/h2-5H,6H2,1H3,(H,13,15,16). The molecule has 0 fully saturated rings. The van der Waals surface area contributed by atoms with Gasteiger partial charge in [0, 0.05) is 10.9 Å². The van der Waals surface area contributed by atoms with Crippen LogP contribution in [0.3, 0.4) is 0 Å². The van der Waals surface area contributed by atoms with Crippen molar-refractivity contribution >= 4 is 38.3 Å². The van der Waals surface area contributed by atoms with Crippen LogP contribution in [0.25, 0.3) is 0 Å². The van der Waals surface area contributed by atoms with Crippen LogP contribution in [0.2, 0.25) is 0 Å². The molecule has 0 saturated heterocycles. The van der Waals surface area contributed by atoms with Crippen LogP contribution in [0.5, 0.6) is 0 Å². The van der Waals surface area contributed by atoms with Crippen LogP contribution >= 0.6 is 27.3 Å². The fourth-order valence-electron chi connectivity index (χ4n) is 1.37. The molecule has 1 N–H and O–H groups in total. The first kappa shape index (κ1) is 12.2. The molecule has 0 atom stereocenters. The molecule has 17 heavy (non-hydrogen) atoms. The monoisotopic (exact) mass is 311 g/mol. The molecule has 2 aromatic rings. The number of nitrogens with zero attached hydrogens (tertiary/aromatic N) is 2. The Labute approximate surface area is 111 Å². The average molecular weight is 312 g/mol. The zero-order valence-corrected chi connectivity index (χ0v) is 11.5. The summed E-state index contributed by atoms with van der Waals surface area (Å²) in [6.45, 7) is 1.85. The molecule has 1 heterocycles. The van der Waals surface area contributed by atoms with Gasteiger partial charge in [-0.2, -0.15) is 0 Å². The molecule has 0 bridgehead atoms. The molecule has 4 nitrogen and oxygen atoms in total. The second-order valence-electron chi connectivity index (χ2n) is 3.37. The Morgan fingerprint density at radius 1 is 1.41 bits per heavy atom. The van der Waals surface area contributed by atoms with Gasteiger partial charge in [0.2, 0.25) is 5.13 Å². The maximum absolute atomic E-state index is 12.0. The third-order valence-corrected chi connectivity index (χ3v) is 3.51. The van der Waals surface area contributed by atoms with E-state index in [0.29, 0.717) is 16.0 Å². The molecule has 0 spiro atoms. The van der Waals surface area contributed by atoms with Crippen molar-refractivity contribution in [3.05, 3.63) is 40.4 Å². The molecule has 2 rings (SSSR count). The maximum atomic E-state index is 12.0. The number of carbonyl (C=O) groups excluding carboxylic acids is 1. The second-order valence-corrected chi connectivity index (χ2v) is 5.11. The molecule has 0 aliphatic heterocycles. The van der Waals surface area contributed by atoms with Crippen molar-refractivity contribution in [1.82, 2.24) is 10.2 Å². The first-order valence-corrected chi connectivity index (χ1v) is 6.90. The molecule has 1 aromatic heterocycles. The van der Waals surface area contributed by atoms with E-state index in [0.717, 1.165) is 10.6 Å². The van der Waals surface area contributed by atoms with Crippen molar-refractivity contribution < 1.29 is 4.79 Å². The summed E-state index contributed by atoms with van der Waals surface area (Å²) in [5.41, 5.74) is 1.60. The van der Waals surface area contributed by atoms with Crippen molar-refractivity contribution in [2.45, 2.75) is 12.3 Å². The van der Waals surface area contributed by atoms with E-state index in [2.05, 4.69) is 31.4 Å². The van der Waals surface area contributed by atoms with Crippen LogP contribution in [-0.4, -0.2) is 16.1 Å². The third kappa shape index (κ3) is 2.89. The zero-order chi connectivity index (χ0) is 12.3. The zero-order valence-electron chi connectivity index (χ0n) is 9.11. The van der Waals surface area contributed by atoms with Crippen LogP contribution in [0, 0.1) is 6.92 Å². The molecule has 1 amide bonds. The number of amides is 1. The van der Waals surface area contributed by atoms with E-state index in [-0.39, 0.29) is 5.91 Å². The van der Waals surface area contributed by atoms with Crippen molar-refractivity contribution in [2.24, 2.45) is 0 Å². The Kier molecular flexibility index (Phi) is 3.86. The molecule has 1 aromatic carbocycles. The summed E-state index contributed by atoms with van der Waals surface area (Å²) in [7, 11) is 0. The number of aromatic nitrogens is 2. The van der Waals surface area contributed by atoms with Gasteiger partial charge in [0.05, 0.1) is 0 Å². The van der Waals surface area contributed by atoms with Crippen molar-refractivity contribution in [2.75, 3.05) is 5.32 Å². The highest BCUT2D eigenvalue weighted by atomic mass is 79.9. The highest BCUT2D eigenvalue weighted by Crippen LogP contribution is 2.17. The summed E-state index contributed by atoms with van der Waals surface area (Å²) in [5, 5.41) is 12.4. The SMILES string of the molecule is Cc1nnc(NC(=O)c2ccccc2CBr)s1. The van der Waals surface area contributed by atoms with Crippen LogP contribution in [0.4, 0.5) is 5.13 Å². The second kappa shape index (κ2) is 5.37. The average Bonchev–Trinajstić information content (AvgIpc) is 2.74. The lowest BCUT2D eigenvalue weighted by Crippen LogP contribution is -2.13. The molecular weight excluding hydrogens is 302 g/mol. The number of alkyl halides is 1. The van der Waals surface area contributed by atoms with E-state index in [9.17, 15) is 4.79 Å². The summed E-state index contributed by atoms with van der Waals surface area (Å²) < 4.78 is 0. The number of carbonyl (C=O) groups is 1. The molecule has 0 saturated carbocycles. The Morgan fingerprint density at radius 3 is 2.82 bits per heavy atom. The minimum Gasteiger partial charge on any atom is -0.296 e. The number of hydrogen-bond acceptors (Lipinski definition) is 4. The Hall–Kier alpha value is -1.27. The van der Waals surface area contributed by atoms with Gasteiger partial charge in [-0.05, 0) is 18.6 Å². The quantitative estimate of drug-likeness (QED) is 0.887. The van der Waals surface area contributed by atoms with Gasteiger partial charge in [-0.1, -0.05) is 45.5 Å². The molecule has 88 valence electrons. The van der Waals surface area contributed by atoms with E-state index < -0.39 is 0 Å². The van der Waals surface area contributed by atoms with Crippen molar-refractivity contribution in [3.63, 3.8) is 0 Å². The Morgan fingerprint density at radius 2 is 2.18 bits per heavy atom. The van der Waals surface area contributed by atoms with Gasteiger partial charge in [0.1, 0.15) is 5.01 Å². The van der Waals surface area contributed by atoms with E-state index in [1.165, 1.54) is 11.3 Å². The van der Waals surface area contributed by atoms with Crippen LogP contribution in [-0.2, 0) is 5.33 Å². The van der Waals surface area contributed by atoms with Gasteiger partial charge in [0.15, 0.2) is 0 Å². The van der Waals surface area contributed by atoms with Crippen molar-refractivity contribution in [3.8, 4) is 0 Å². The minimum absolute atomic E-state index is 0.156. The molecule has 0 aliphatic rings. The van der Waals surface area contributed by atoms with Gasteiger partial charge in [-0.3, -0.25) is 10.1 Å². The van der Waals surface area contributed by atoms with Crippen molar-refractivity contribution in [1.29, 1.82) is 0 Å². The van der Waals surface area contributed by atoms with Gasteiger partial charge in [-0.25, -0.2) is 0 Å². The number of hydrogen-bond donors (Lipinski definition) is 1. The van der Waals surface area contributed by atoms with Crippen LogP contribution in [0.1, 0.15) is 20.9 Å². The predicted molar refractivity (Wildman–Crippen MR) is 71.7 cm³/mol. The molecule has 0 aliphatic carbocycles. The normalized spacial score (nSPS) is 10.2. The number of aryl methyl sites for hydroxylation is 1.